The molecule has 162 valence electrons. The van der Waals surface area contributed by atoms with Crippen LogP contribution in [0.2, 0.25) is 0 Å². The van der Waals surface area contributed by atoms with Crippen LogP contribution in [0.3, 0.4) is 0 Å². The number of hydrogen-bond acceptors (Lipinski definition) is 6. The Morgan fingerprint density at radius 2 is 1.97 bits per heavy atom. The number of aromatic amines is 1. The molecule has 1 aliphatic rings. The molecule has 2 atom stereocenters. The molecule has 31 heavy (non-hydrogen) atoms. The lowest BCUT2D eigenvalue weighted by atomic mass is 9.95. The van der Waals surface area contributed by atoms with Crippen LogP contribution in [0.15, 0.2) is 60.8 Å². The topological polar surface area (TPSA) is 108 Å². The van der Waals surface area contributed by atoms with Crippen LogP contribution in [0.4, 0.5) is 5.69 Å². The van der Waals surface area contributed by atoms with Crippen molar-refractivity contribution >= 4 is 11.6 Å². The summed E-state index contributed by atoms with van der Waals surface area (Å²) in [5.74, 6) is 0.990. The summed E-state index contributed by atoms with van der Waals surface area (Å²) in [4.78, 5) is 12.5. The first kappa shape index (κ1) is 20.9. The summed E-state index contributed by atoms with van der Waals surface area (Å²) in [6, 6.07) is 17.0. The van der Waals surface area contributed by atoms with Crippen LogP contribution in [0.5, 0.6) is 11.5 Å². The lowest BCUT2D eigenvalue weighted by Crippen LogP contribution is -2.33. The summed E-state index contributed by atoms with van der Waals surface area (Å²) in [6.07, 6.45) is 1.48. The smallest absolute Gasteiger partial charge is 0.232 e. The van der Waals surface area contributed by atoms with Crippen molar-refractivity contribution in [2.24, 2.45) is 0 Å². The fraction of sp³-hybridized carbons (Fsp3) is 0.304. The SMILES string of the molecule is O=C1Nc2cccc(OCC(O)CNCCOc3ccccc3)c2C1Cc1ccn[nH]1. The molecule has 2 heterocycles. The van der Waals surface area contributed by atoms with Gasteiger partial charge in [-0.05, 0) is 30.3 Å². The summed E-state index contributed by atoms with van der Waals surface area (Å²) in [5.41, 5.74) is 2.45. The maximum atomic E-state index is 12.5. The number of nitrogens with zero attached hydrogens (tertiary/aromatic N) is 1. The van der Waals surface area contributed by atoms with E-state index in [4.69, 9.17) is 9.47 Å². The monoisotopic (exact) mass is 422 g/mol. The fourth-order valence-electron chi connectivity index (χ4n) is 3.57. The molecule has 4 rings (SSSR count). The molecule has 4 N–H and O–H groups in total. The number of hydrogen-bond donors (Lipinski definition) is 4. The number of nitrogens with one attached hydrogen (secondary N) is 3. The molecule has 0 saturated carbocycles. The standard InChI is InChI=1S/C23H26N4O4/c28-17(14-24-11-12-30-18-5-2-1-3-6-18)15-31-21-8-4-7-20-22(21)19(23(29)26-20)13-16-9-10-25-27-16/h1-10,17,19,24,28H,11-15H2,(H,25,27)(H,26,29). The van der Waals surface area contributed by atoms with E-state index < -0.39 is 6.10 Å². The van der Waals surface area contributed by atoms with Crippen molar-refractivity contribution in [1.29, 1.82) is 0 Å². The Kier molecular flexibility index (Phi) is 6.81. The molecular weight excluding hydrogens is 396 g/mol. The van der Waals surface area contributed by atoms with Crippen LogP contribution in [0.25, 0.3) is 0 Å². The van der Waals surface area contributed by atoms with Gasteiger partial charge in [0.1, 0.15) is 30.8 Å². The first-order valence-electron chi connectivity index (χ1n) is 10.3. The zero-order valence-corrected chi connectivity index (χ0v) is 17.1. The Balaban J connectivity index is 1.26. The average molecular weight is 422 g/mol. The highest BCUT2D eigenvalue weighted by Gasteiger charge is 2.34. The average Bonchev–Trinajstić information content (AvgIpc) is 3.41. The number of fused-ring (bicyclic) bond motifs is 1. The van der Waals surface area contributed by atoms with Crippen molar-refractivity contribution in [2.75, 3.05) is 31.6 Å². The van der Waals surface area contributed by atoms with Gasteiger partial charge < -0.3 is 25.2 Å². The van der Waals surface area contributed by atoms with Gasteiger partial charge in [0.25, 0.3) is 0 Å². The Morgan fingerprint density at radius 1 is 1.10 bits per heavy atom. The van der Waals surface area contributed by atoms with E-state index in [1.165, 1.54) is 0 Å². The maximum absolute atomic E-state index is 12.5. The number of anilines is 1. The molecule has 8 nitrogen and oxygen atoms in total. The molecule has 8 heteroatoms. The molecule has 0 saturated heterocycles. The first-order chi connectivity index (χ1) is 15.2. The number of aromatic nitrogens is 2. The quantitative estimate of drug-likeness (QED) is 0.353. The second kappa shape index (κ2) is 10.1. The number of carbonyl (C=O) groups is 1. The van der Waals surface area contributed by atoms with Gasteiger partial charge in [-0.25, -0.2) is 0 Å². The molecule has 1 aliphatic heterocycles. The van der Waals surface area contributed by atoms with Gasteiger partial charge in [-0.3, -0.25) is 9.89 Å². The minimum absolute atomic E-state index is 0.0683. The third-order valence-electron chi connectivity index (χ3n) is 5.07. The predicted molar refractivity (Wildman–Crippen MR) is 116 cm³/mol. The number of aliphatic hydroxyl groups is 1. The van der Waals surface area contributed by atoms with Crippen LogP contribution in [-0.2, 0) is 11.2 Å². The molecule has 0 radical (unpaired) electrons. The van der Waals surface area contributed by atoms with E-state index in [1.54, 1.807) is 6.20 Å². The van der Waals surface area contributed by atoms with Gasteiger partial charge in [0.2, 0.25) is 5.91 Å². The summed E-state index contributed by atoms with van der Waals surface area (Å²) in [6.45, 7) is 1.61. The van der Waals surface area contributed by atoms with E-state index in [0.717, 1.165) is 22.7 Å². The van der Waals surface area contributed by atoms with Crippen molar-refractivity contribution in [3.63, 3.8) is 0 Å². The summed E-state index contributed by atoms with van der Waals surface area (Å²) in [7, 11) is 0. The summed E-state index contributed by atoms with van der Waals surface area (Å²) in [5, 5.41) is 23.2. The van der Waals surface area contributed by atoms with E-state index in [-0.39, 0.29) is 18.4 Å². The Morgan fingerprint density at radius 3 is 2.77 bits per heavy atom. The molecule has 0 spiro atoms. The van der Waals surface area contributed by atoms with Crippen molar-refractivity contribution in [1.82, 2.24) is 15.5 Å². The number of aliphatic hydroxyl groups excluding tert-OH is 1. The second-order valence-corrected chi connectivity index (χ2v) is 7.38. The van der Waals surface area contributed by atoms with E-state index in [1.807, 2.05) is 54.6 Å². The van der Waals surface area contributed by atoms with Crippen molar-refractivity contribution in [3.8, 4) is 11.5 Å². The Labute approximate surface area is 180 Å². The molecule has 1 amide bonds. The highest BCUT2D eigenvalue weighted by molar-refractivity contribution is 6.04. The summed E-state index contributed by atoms with van der Waals surface area (Å²) >= 11 is 0. The zero-order chi connectivity index (χ0) is 21.5. The van der Waals surface area contributed by atoms with E-state index in [9.17, 15) is 9.90 Å². The van der Waals surface area contributed by atoms with Gasteiger partial charge in [-0.1, -0.05) is 24.3 Å². The van der Waals surface area contributed by atoms with E-state index in [0.29, 0.717) is 31.9 Å². The van der Waals surface area contributed by atoms with Gasteiger partial charge in [-0.15, -0.1) is 0 Å². The van der Waals surface area contributed by atoms with Gasteiger partial charge >= 0.3 is 0 Å². The molecule has 1 aromatic heterocycles. The number of benzene rings is 2. The number of amides is 1. The first-order valence-corrected chi connectivity index (χ1v) is 10.3. The van der Waals surface area contributed by atoms with Crippen LogP contribution in [0.1, 0.15) is 17.2 Å². The molecule has 3 aromatic rings. The van der Waals surface area contributed by atoms with Crippen molar-refractivity contribution < 1.29 is 19.4 Å². The van der Waals surface area contributed by atoms with Crippen LogP contribution in [0, 0.1) is 0 Å². The van der Waals surface area contributed by atoms with Crippen molar-refractivity contribution in [2.45, 2.75) is 18.4 Å². The van der Waals surface area contributed by atoms with Gasteiger partial charge in [0, 0.05) is 42.7 Å². The summed E-state index contributed by atoms with van der Waals surface area (Å²) < 4.78 is 11.5. The van der Waals surface area contributed by atoms with Crippen molar-refractivity contribution in [3.05, 3.63) is 72.1 Å². The number of rotatable bonds is 11. The number of para-hydroxylation sites is 1. The molecular formula is C23H26N4O4. The molecule has 0 aliphatic carbocycles. The largest absolute Gasteiger partial charge is 0.492 e. The van der Waals surface area contributed by atoms with Crippen LogP contribution >= 0.6 is 0 Å². The predicted octanol–water partition coefficient (Wildman–Crippen LogP) is 2.10. The highest BCUT2D eigenvalue weighted by Crippen LogP contribution is 2.40. The van der Waals surface area contributed by atoms with E-state index >= 15 is 0 Å². The Hall–Kier alpha value is -3.36. The third-order valence-corrected chi connectivity index (χ3v) is 5.07. The minimum atomic E-state index is -0.691. The van der Waals surface area contributed by atoms with Crippen LogP contribution < -0.4 is 20.1 Å². The molecule has 2 unspecified atom stereocenters. The maximum Gasteiger partial charge on any atom is 0.232 e. The number of carbonyl (C=O) groups excluding carboxylic acids is 1. The lowest BCUT2D eigenvalue weighted by molar-refractivity contribution is -0.117. The highest BCUT2D eigenvalue weighted by atomic mass is 16.5. The fourth-order valence-corrected chi connectivity index (χ4v) is 3.57. The lowest BCUT2D eigenvalue weighted by Gasteiger charge is -2.17. The van der Waals surface area contributed by atoms with Crippen LogP contribution in [-0.4, -0.2) is 53.6 Å². The number of H-pyrrole nitrogens is 1. The normalized spacial score (nSPS) is 15.9. The van der Waals surface area contributed by atoms with Gasteiger partial charge in [0.05, 0.1) is 5.92 Å². The Bertz CT molecular complexity index is 979. The van der Waals surface area contributed by atoms with Gasteiger partial charge in [-0.2, -0.15) is 5.10 Å². The molecule has 0 bridgehead atoms. The third kappa shape index (κ3) is 5.42. The zero-order valence-electron chi connectivity index (χ0n) is 17.1. The van der Waals surface area contributed by atoms with Gasteiger partial charge in [0.15, 0.2) is 0 Å². The molecule has 2 aromatic carbocycles. The minimum Gasteiger partial charge on any atom is -0.492 e. The van der Waals surface area contributed by atoms with E-state index in [2.05, 4.69) is 20.8 Å². The second-order valence-electron chi connectivity index (χ2n) is 7.38. The number of ether oxygens (including phenoxy) is 2. The molecule has 0 fully saturated rings.